The van der Waals surface area contributed by atoms with Gasteiger partial charge in [0.1, 0.15) is 0 Å². The third kappa shape index (κ3) is 4.67. The molecule has 0 heterocycles. The number of carbonyl (C=O) groups excluding carboxylic acids is 1. The van der Waals surface area contributed by atoms with Crippen molar-refractivity contribution < 1.29 is 19.1 Å². The van der Waals surface area contributed by atoms with Crippen LogP contribution in [0.3, 0.4) is 0 Å². The second-order valence-corrected chi connectivity index (χ2v) is 13.4. The van der Waals surface area contributed by atoms with E-state index in [4.69, 9.17) is 9.16 Å². The maximum Gasteiger partial charge on any atom is 0.302 e. The molecule has 4 nitrogen and oxygen atoms in total. The smallest absolute Gasteiger partial charge is 0.302 e. The molecule has 134 valence electrons. The standard InChI is InChI=1S/C18H34O4Si/c1-13-9-10-16(20)18(6,15(13)11-21-14(2)19)12-22-23(7,8)17(3,4)5/h15-16,20H,1,9-12H2,2-8H3/t15-,16+,18+/m1/s1. The minimum Gasteiger partial charge on any atom is -0.465 e. The van der Waals surface area contributed by atoms with Crippen LogP contribution in [0.15, 0.2) is 12.2 Å². The van der Waals surface area contributed by atoms with Crippen molar-refractivity contribution in [1.29, 1.82) is 0 Å². The number of esters is 1. The van der Waals surface area contributed by atoms with E-state index in [1.165, 1.54) is 6.92 Å². The van der Waals surface area contributed by atoms with E-state index in [0.29, 0.717) is 13.0 Å². The number of carbonyl (C=O) groups is 1. The molecule has 0 aromatic rings. The summed E-state index contributed by atoms with van der Waals surface area (Å²) >= 11 is 0. The quantitative estimate of drug-likeness (QED) is 0.468. The molecule has 1 fully saturated rings. The van der Waals surface area contributed by atoms with E-state index < -0.39 is 19.8 Å². The van der Waals surface area contributed by atoms with Crippen molar-refractivity contribution >= 4 is 14.3 Å². The molecule has 23 heavy (non-hydrogen) atoms. The summed E-state index contributed by atoms with van der Waals surface area (Å²) in [6.07, 6.45) is 0.980. The lowest BCUT2D eigenvalue weighted by Gasteiger charge is -2.48. The summed E-state index contributed by atoms with van der Waals surface area (Å²) in [5.74, 6) is -0.370. The molecule has 0 radical (unpaired) electrons. The second kappa shape index (κ2) is 7.07. The molecular weight excluding hydrogens is 308 g/mol. The van der Waals surface area contributed by atoms with Crippen molar-refractivity contribution in [3.63, 3.8) is 0 Å². The van der Waals surface area contributed by atoms with Crippen LogP contribution in [0.2, 0.25) is 18.1 Å². The fraction of sp³-hybridized carbons (Fsp3) is 0.833. The van der Waals surface area contributed by atoms with Crippen molar-refractivity contribution in [2.45, 2.75) is 71.7 Å². The molecule has 1 saturated carbocycles. The minimum absolute atomic E-state index is 0.0695. The Morgan fingerprint density at radius 2 is 2.00 bits per heavy atom. The lowest BCUT2D eigenvalue weighted by atomic mass is 9.64. The van der Waals surface area contributed by atoms with Gasteiger partial charge in [-0.05, 0) is 31.0 Å². The summed E-state index contributed by atoms with van der Waals surface area (Å²) in [5, 5.41) is 10.8. The third-order valence-electron chi connectivity index (χ3n) is 5.79. The number of hydrogen-bond acceptors (Lipinski definition) is 4. The number of aliphatic hydroxyl groups is 1. The molecule has 0 spiro atoms. The van der Waals surface area contributed by atoms with E-state index in [9.17, 15) is 9.90 Å². The summed E-state index contributed by atoms with van der Waals surface area (Å²) in [5.41, 5.74) is 0.568. The van der Waals surface area contributed by atoms with Crippen molar-refractivity contribution in [3.05, 3.63) is 12.2 Å². The average Bonchev–Trinajstić information content (AvgIpc) is 2.39. The first-order valence-corrected chi connectivity index (χ1v) is 11.3. The summed E-state index contributed by atoms with van der Waals surface area (Å²) < 4.78 is 11.6. The van der Waals surface area contributed by atoms with Crippen LogP contribution in [0.4, 0.5) is 0 Å². The Bertz CT molecular complexity index is 452. The highest BCUT2D eigenvalue weighted by Crippen LogP contribution is 2.46. The van der Waals surface area contributed by atoms with E-state index in [0.717, 1.165) is 12.0 Å². The Kier molecular flexibility index (Phi) is 6.27. The zero-order valence-corrected chi connectivity index (χ0v) is 16.9. The molecule has 0 aliphatic heterocycles. The predicted octanol–water partition coefficient (Wildman–Crippen LogP) is 3.90. The molecule has 0 amide bonds. The van der Waals surface area contributed by atoms with Gasteiger partial charge in [0.25, 0.3) is 0 Å². The summed E-state index contributed by atoms with van der Waals surface area (Å²) in [6, 6.07) is 0. The molecule has 0 bridgehead atoms. The van der Waals surface area contributed by atoms with Crippen LogP contribution < -0.4 is 0 Å². The van der Waals surface area contributed by atoms with Crippen molar-refractivity contribution in [1.82, 2.24) is 0 Å². The van der Waals surface area contributed by atoms with Crippen LogP contribution >= 0.6 is 0 Å². The number of aliphatic hydroxyl groups excluding tert-OH is 1. The van der Waals surface area contributed by atoms with E-state index in [1.54, 1.807) is 0 Å². The topological polar surface area (TPSA) is 55.8 Å². The molecule has 0 aromatic carbocycles. The van der Waals surface area contributed by atoms with Gasteiger partial charge in [-0.1, -0.05) is 39.8 Å². The zero-order chi connectivity index (χ0) is 18.1. The average molecular weight is 343 g/mol. The Morgan fingerprint density at radius 1 is 1.43 bits per heavy atom. The molecule has 1 aliphatic rings. The molecule has 1 rings (SSSR count). The highest BCUT2D eigenvalue weighted by atomic mass is 28.4. The Labute approximate surface area is 142 Å². The first-order chi connectivity index (χ1) is 10.3. The first kappa shape index (κ1) is 20.4. The van der Waals surface area contributed by atoms with Crippen LogP contribution in [0.5, 0.6) is 0 Å². The van der Waals surface area contributed by atoms with Gasteiger partial charge in [-0.2, -0.15) is 0 Å². The Morgan fingerprint density at radius 3 is 2.48 bits per heavy atom. The Balaban J connectivity index is 2.95. The monoisotopic (exact) mass is 342 g/mol. The SMILES string of the molecule is C=C1CC[C@H](O)[C@@](C)(CO[Si](C)(C)C(C)(C)C)[C@@H]1COC(C)=O. The van der Waals surface area contributed by atoms with Crippen LogP contribution in [-0.2, 0) is 14.0 Å². The molecule has 1 aliphatic carbocycles. The lowest BCUT2D eigenvalue weighted by Crippen LogP contribution is -2.52. The fourth-order valence-corrected chi connectivity index (χ4v) is 3.89. The highest BCUT2D eigenvalue weighted by Gasteiger charge is 2.48. The van der Waals surface area contributed by atoms with E-state index in [2.05, 4.69) is 40.4 Å². The van der Waals surface area contributed by atoms with Crippen molar-refractivity contribution in [3.8, 4) is 0 Å². The van der Waals surface area contributed by atoms with E-state index in [1.807, 2.05) is 6.92 Å². The van der Waals surface area contributed by atoms with Crippen LogP contribution in [0.25, 0.3) is 0 Å². The van der Waals surface area contributed by atoms with Crippen LogP contribution in [-0.4, -0.2) is 38.7 Å². The molecule has 5 heteroatoms. The normalized spacial score (nSPS) is 29.5. The minimum atomic E-state index is -1.91. The molecule has 0 aromatic heterocycles. The maximum absolute atomic E-state index is 11.2. The summed E-state index contributed by atoms with van der Waals surface area (Å²) in [6.45, 7) is 19.4. The van der Waals surface area contributed by atoms with Gasteiger partial charge in [-0.25, -0.2) is 0 Å². The fourth-order valence-electron chi connectivity index (χ4n) is 2.78. The second-order valence-electron chi connectivity index (χ2n) is 8.62. The van der Waals surface area contributed by atoms with Crippen LogP contribution in [0, 0.1) is 11.3 Å². The van der Waals surface area contributed by atoms with Gasteiger partial charge >= 0.3 is 5.97 Å². The van der Waals surface area contributed by atoms with Gasteiger partial charge < -0.3 is 14.3 Å². The van der Waals surface area contributed by atoms with Gasteiger partial charge in [-0.3, -0.25) is 4.79 Å². The molecule has 0 unspecified atom stereocenters. The number of ether oxygens (including phenoxy) is 1. The summed E-state index contributed by atoms with van der Waals surface area (Å²) in [7, 11) is -1.91. The van der Waals surface area contributed by atoms with Gasteiger partial charge in [-0.15, -0.1) is 0 Å². The van der Waals surface area contributed by atoms with E-state index in [-0.39, 0.29) is 23.5 Å². The van der Waals surface area contributed by atoms with Gasteiger partial charge in [0.05, 0.1) is 12.7 Å². The maximum atomic E-state index is 11.2. The van der Waals surface area contributed by atoms with Crippen molar-refractivity contribution in [2.24, 2.45) is 11.3 Å². The molecule has 0 saturated heterocycles. The largest absolute Gasteiger partial charge is 0.465 e. The summed E-state index contributed by atoms with van der Waals surface area (Å²) in [4.78, 5) is 11.2. The third-order valence-corrected chi connectivity index (χ3v) is 10.3. The first-order valence-electron chi connectivity index (χ1n) is 8.44. The van der Waals surface area contributed by atoms with Crippen molar-refractivity contribution in [2.75, 3.05) is 13.2 Å². The Hall–Kier alpha value is -0.653. The highest BCUT2D eigenvalue weighted by molar-refractivity contribution is 6.74. The molecular formula is C18H34O4Si. The number of hydrogen-bond donors (Lipinski definition) is 1. The van der Waals surface area contributed by atoms with Gasteiger partial charge in [0.15, 0.2) is 8.32 Å². The molecule has 1 N–H and O–H groups in total. The van der Waals surface area contributed by atoms with Crippen LogP contribution in [0.1, 0.15) is 47.5 Å². The van der Waals surface area contributed by atoms with Gasteiger partial charge in [0, 0.05) is 24.9 Å². The van der Waals surface area contributed by atoms with E-state index >= 15 is 0 Å². The number of rotatable bonds is 5. The molecule has 3 atom stereocenters. The predicted molar refractivity (Wildman–Crippen MR) is 95.8 cm³/mol. The van der Waals surface area contributed by atoms with Gasteiger partial charge in [0.2, 0.25) is 0 Å². The lowest BCUT2D eigenvalue weighted by molar-refractivity contribution is -0.146. The zero-order valence-electron chi connectivity index (χ0n) is 15.9.